The topological polar surface area (TPSA) is 84.9 Å². The molecule has 0 spiro atoms. The van der Waals surface area contributed by atoms with Crippen molar-refractivity contribution in [2.45, 2.75) is 6.92 Å². The maximum absolute atomic E-state index is 12.8. The van der Waals surface area contributed by atoms with E-state index in [1.54, 1.807) is 54.3 Å². The molecule has 2 heterocycles. The van der Waals surface area contributed by atoms with Crippen molar-refractivity contribution in [1.82, 2.24) is 19.8 Å². The van der Waals surface area contributed by atoms with Crippen LogP contribution in [0.4, 0.5) is 4.79 Å². The van der Waals surface area contributed by atoms with Gasteiger partial charge in [0.2, 0.25) is 5.88 Å². The third kappa shape index (κ3) is 4.33. The molecule has 0 radical (unpaired) electrons. The lowest BCUT2D eigenvalue weighted by molar-refractivity contribution is 0.0570. The Morgan fingerprint density at radius 3 is 2.56 bits per heavy atom. The summed E-state index contributed by atoms with van der Waals surface area (Å²) >= 11 is 0. The number of ether oxygens (including phenoxy) is 2. The van der Waals surface area contributed by atoms with Crippen LogP contribution in [0.5, 0.6) is 5.88 Å². The summed E-state index contributed by atoms with van der Waals surface area (Å²) in [4.78, 5) is 36.5. The van der Waals surface area contributed by atoms with Gasteiger partial charge < -0.3 is 19.3 Å². The Morgan fingerprint density at radius 1 is 1.11 bits per heavy atom. The van der Waals surface area contributed by atoms with Crippen molar-refractivity contribution < 1.29 is 19.1 Å². The summed E-state index contributed by atoms with van der Waals surface area (Å²) in [6, 6.07) is 8.87. The maximum atomic E-state index is 12.8. The van der Waals surface area contributed by atoms with Gasteiger partial charge in [0.15, 0.2) is 5.82 Å². The van der Waals surface area contributed by atoms with Crippen molar-refractivity contribution >= 4 is 12.0 Å². The third-order valence-corrected chi connectivity index (χ3v) is 4.30. The zero-order chi connectivity index (χ0) is 19.2. The van der Waals surface area contributed by atoms with Crippen LogP contribution in [0.2, 0.25) is 0 Å². The fraction of sp³-hybridized carbons (Fsp3) is 0.368. The fourth-order valence-corrected chi connectivity index (χ4v) is 2.88. The second kappa shape index (κ2) is 8.48. The minimum atomic E-state index is -0.332. The third-order valence-electron chi connectivity index (χ3n) is 4.30. The van der Waals surface area contributed by atoms with E-state index in [1.165, 1.54) is 0 Å². The Morgan fingerprint density at radius 2 is 1.85 bits per heavy atom. The van der Waals surface area contributed by atoms with Crippen molar-refractivity contribution in [2.75, 3.05) is 39.9 Å². The van der Waals surface area contributed by atoms with E-state index in [2.05, 4.69) is 9.97 Å². The molecular weight excluding hydrogens is 348 g/mol. The van der Waals surface area contributed by atoms with Crippen LogP contribution in [0.1, 0.15) is 17.3 Å². The first kappa shape index (κ1) is 18.6. The first-order valence-corrected chi connectivity index (χ1v) is 8.81. The molecule has 2 aromatic rings. The number of methoxy groups -OCH3 is 1. The van der Waals surface area contributed by atoms with E-state index in [4.69, 9.17) is 9.47 Å². The molecule has 2 amide bonds. The van der Waals surface area contributed by atoms with Gasteiger partial charge in [0.25, 0.3) is 5.91 Å². The van der Waals surface area contributed by atoms with Crippen LogP contribution in [-0.2, 0) is 4.74 Å². The molecule has 1 fully saturated rings. The van der Waals surface area contributed by atoms with Gasteiger partial charge in [-0.1, -0.05) is 12.1 Å². The summed E-state index contributed by atoms with van der Waals surface area (Å²) in [6.45, 7) is 3.98. The van der Waals surface area contributed by atoms with Gasteiger partial charge in [-0.15, -0.1) is 0 Å². The molecule has 0 N–H and O–H groups in total. The Kier molecular flexibility index (Phi) is 5.85. The van der Waals surface area contributed by atoms with Gasteiger partial charge in [0.05, 0.1) is 13.7 Å². The number of benzene rings is 1. The van der Waals surface area contributed by atoms with E-state index < -0.39 is 0 Å². The highest BCUT2D eigenvalue weighted by Crippen LogP contribution is 2.20. The van der Waals surface area contributed by atoms with Crippen LogP contribution in [0.3, 0.4) is 0 Å². The highest BCUT2D eigenvalue weighted by Gasteiger charge is 2.25. The van der Waals surface area contributed by atoms with E-state index in [0.29, 0.717) is 50.1 Å². The number of rotatable bonds is 4. The van der Waals surface area contributed by atoms with Crippen LogP contribution in [0, 0.1) is 0 Å². The lowest BCUT2D eigenvalue weighted by Crippen LogP contribution is -2.50. The standard InChI is InChI=1S/C19H22N4O4/c1-3-27-19(25)23-11-9-22(10-12-23)18(24)15-6-4-5-14(13-15)17-20-8-7-16(21-17)26-2/h4-8,13H,3,9-12H2,1-2H3. The van der Waals surface area contributed by atoms with E-state index in [9.17, 15) is 9.59 Å². The smallest absolute Gasteiger partial charge is 0.409 e. The fourth-order valence-electron chi connectivity index (χ4n) is 2.88. The van der Waals surface area contributed by atoms with E-state index in [1.807, 2.05) is 6.07 Å². The number of hydrogen-bond donors (Lipinski definition) is 0. The van der Waals surface area contributed by atoms with E-state index in [0.717, 1.165) is 5.56 Å². The van der Waals surface area contributed by atoms with Crippen LogP contribution in [-0.4, -0.2) is 71.7 Å². The molecule has 0 aliphatic carbocycles. The number of aromatic nitrogens is 2. The summed E-state index contributed by atoms with van der Waals surface area (Å²) in [5.74, 6) is 0.881. The maximum Gasteiger partial charge on any atom is 0.409 e. The number of carbonyl (C=O) groups excluding carboxylic acids is 2. The first-order chi connectivity index (χ1) is 13.1. The number of nitrogens with zero attached hydrogens (tertiary/aromatic N) is 4. The van der Waals surface area contributed by atoms with Gasteiger partial charge in [-0.05, 0) is 19.1 Å². The molecule has 142 valence electrons. The lowest BCUT2D eigenvalue weighted by atomic mass is 10.1. The highest BCUT2D eigenvalue weighted by molar-refractivity contribution is 5.95. The van der Waals surface area contributed by atoms with Gasteiger partial charge in [-0.25, -0.2) is 9.78 Å². The summed E-state index contributed by atoms with van der Waals surface area (Å²) in [5.41, 5.74) is 1.30. The van der Waals surface area contributed by atoms with Crippen molar-refractivity contribution in [3.63, 3.8) is 0 Å². The van der Waals surface area contributed by atoms with Crippen LogP contribution >= 0.6 is 0 Å². The molecule has 0 atom stereocenters. The zero-order valence-electron chi connectivity index (χ0n) is 15.4. The predicted molar refractivity (Wildman–Crippen MR) is 98.5 cm³/mol. The molecule has 1 aliphatic heterocycles. The Balaban J connectivity index is 1.70. The zero-order valence-corrected chi connectivity index (χ0v) is 15.4. The summed E-state index contributed by atoms with van der Waals surface area (Å²) in [5, 5.41) is 0. The highest BCUT2D eigenvalue weighted by atomic mass is 16.6. The minimum absolute atomic E-state index is 0.0803. The molecule has 3 rings (SSSR count). The number of hydrogen-bond acceptors (Lipinski definition) is 6. The second-order valence-corrected chi connectivity index (χ2v) is 5.98. The van der Waals surface area contributed by atoms with Crippen LogP contribution in [0.25, 0.3) is 11.4 Å². The number of carbonyl (C=O) groups is 2. The molecule has 1 aromatic heterocycles. The average Bonchev–Trinajstić information content (AvgIpc) is 2.73. The Bertz CT molecular complexity index is 819. The molecule has 1 aromatic carbocycles. The van der Waals surface area contributed by atoms with Crippen molar-refractivity contribution in [3.8, 4) is 17.3 Å². The molecule has 1 aliphatic rings. The predicted octanol–water partition coefficient (Wildman–Crippen LogP) is 2.07. The molecular formula is C19H22N4O4. The van der Waals surface area contributed by atoms with Gasteiger partial charge in [0.1, 0.15) is 0 Å². The van der Waals surface area contributed by atoms with Gasteiger partial charge >= 0.3 is 6.09 Å². The average molecular weight is 370 g/mol. The summed E-state index contributed by atoms with van der Waals surface area (Å²) in [7, 11) is 1.54. The molecule has 8 heteroatoms. The minimum Gasteiger partial charge on any atom is -0.481 e. The molecule has 8 nitrogen and oxygen atoms in total. The van der Waals surface area contributed by atoms with Crippen molar-refractivity contribution in [3.05, 3.63) is 42.1 Å². The largest absolute Gasteiger partial charge is 0.481 e. The van der Waals surface area contributed by atoms with Crippen molar-refractivity contribution in [1.29, 1.82) is 0 Å². The van der Waals surface area contributed by atoms with Gasteiger partial charge in [0, 0.05) is 49.6 Å². The SMILES string of the molecule is CCOC(=O)N1CCN(C(=O)c2cccc(-c3nccc(OC)n3)c2)CC1. The van der Waals surface area contributed by atoms with Crippen LogP contribution in [0.15, 0.2) is 36.5 Å². The van der Waals surface area contributed by atoms with E-state index in [-0.39, 0.29) is 12.0 Å². The summed E-state index contributed by atoms with van der Waals surface area (Å²) < 4.78 is 10.1. The quantitative estimate of drug-likeness (QED) is 0.819. The Hall–Kier alpha value is -3.16. The van der Waals surface area contributed by atoms with E-state index >= 15 is 0 Å². The number of piperazine rings is 1. The van der Waals surface area contributed by atoms with Crippen molar-refractivity contribution in [2.24, 2.45) is 0 Å². The molecule has 1 saturated heterocycles. The van der Waals surface area contributed by atoms with Gasteiger partial charge in [-0.2, -0.15) is 4.98 Å². The number of amides is 2. The molecule has 0 bridgehead atoms. The van der Waals surface area contributed by atoms with Gasteiger partial charge in [-0.3, -0.25) is 4.79 Å². The second-order valence-electron chi connectivity index (χ2n) is 5.98. The van der Waals surface area contributed by atoms with Crippen LogP contribution < -0.4 is 4.74 Å². The molecule has 0 unspecified atom stereocenters. The normalized spacial score (nSPS) is 14.0. The monoisotopic (exact) mass is 370 g/mol. The molecule has 27 heavy (non-hydrogen) atoms. The lowest BCUT2D eigenvalue weighted by Gasteiger charge is -2.34. The first-order valence-electron chi connectivity index (χ1n) is 8.81. The molecule has 0 saturated carbocycles. The Labute approximate surface area is 157 Å². The summed E-state index contributed by atoms with van der Waals surface area (Å²) in [6.07, 6.45) is 1.28.